The predicted octanol–water partition coefficient (Wildman–Crippen LogP) is 5.65. The van der Waals surface area contributed by atoms with Gasteiger partial charge in [-0.15, -0.1) is 0 Å². The zero-order valence-corrected chi connectivity index (χ0v) is 22.9. The Morgan fingerprint density at radius 2 is 0.911 bits per heavy atom. The molecule has 11 heteroatoms. The Morgan fingerprint density at radius 1 is 0.533 bits per heavy atom. The van der Waals surface area contributed by atoms with E-state index in [0.717, 1.165) is 12.1 Å². The molecule has 2 aliphatic rings. The van der Waals surface area contributed by atoms with Crippen LogP contribution in [0.3, 0.4) is 0 Å². The SMILES string of the molecule is O=C(Cc1cccc(F)c1F)C1C(=O)c2ccc(Oc3ccc4c(c3)C(=O)C(C(=O)Cc3cccc(F)c3F)C4=O)cc2C1=O. The largest absolute Gasteiger partial charge is 0.457 e. The van der Waals surface area contributed by atoms with E-state index in [-0.39, 0.29) is 44.9 Å². The third-order valence-corrected chi connectivity index (χ3v) is 7.76. The van der Waals surface area contributed by atoms with Gasteiger partial charge in [-0.3, -0.25) is 28.8 Å². The van der Waals surface area contributed by atoms with Gasteiger partial charge in [0.1, 0.15) is 23.3 Å². The molecule has 7 nitrogen and oxygen atoms in total. The molecule has 0 amide bonds. The van der Waals surface area contributed by atoms with E-state index >= 15 is 0 Å². The first-order valence-corrected chi connectivity index (χ1v) is 13.5. The van der Waals surface area contributed by atoms with Gasteiger partial charge in [-0.05, 0) is 59.7 Å². The topological polar surface area (TPSA) is 112 Å². The highest BCUT2D eigenvalue weighted by atomic mass is 19.2. The van der Waals surface area contributed by atoms with E-state index in [0.29, 0.717) is 0 Å². The van der Waals surface area contributed by atoms with Gasteiger partial charge in [-0.25, -0.2) is 17.6 Å². The minimum atomic E-state index is -1.74. The zero-order chi connectivity index (χ0) is 32.2. The van der Waals surface area contributed by atoms with E-state index in [2.05, 4.69) is 0 Å². The number of hydrogen-bond acceptors (Lipinski definition) is 7. The molecule has 0 aromatic heterocycles. The second-order valence-electron chi connectivity index (χ2n) is 10.6. The molecular weight excluding hydrogens is 596 g/mol. The molecule has 0 saturated carbocycles. The molecule has 0 radical (unpaired) electrons. The maximum atomic E-state index is 14.1. The van der Waals surface area contributed by atoms with Crippen LogP contribution >= 0.6 is 0 Å². The Hall–Kier alpha value is -5.58. The van der Waals surface area contributed by atoms with Crippen molar-refractivity contribution >= 4 is 34.7 Å². The molecule has 4 aromatic carbocycles. The lowest BCUT2D eigenvalue weighted by Crippen LogP contribution is -2.27. The molecule has 4 aromatic rings. The molecule has 0 spiro atoms. The number of carbonyl (C=O) groups excluding carboxylic acids is 6. The van der Waals surface area contributed by atoms with Crippen molar-refractivity contribution in [2.75, 3.05) is 0 Å². The Labute approximate surface area is 251 Å². The second kappa shape index (κ2) is 11.2. The quantitative estimate of drug-likeness (QED) is 0.186. The summed E-state index contributed by atoms with van der Waals surface area (Å²) in [6, 6.07) is 14.1. The predicted molar refractivity (Wildman–Crippen MR) is 147 cm³/mol. The fourth-order valence-electron chi connectivity index (χ4n) is 5.54. The zero-order valence-electron chi connectivity index (χ0n) is 22.9. The molecule has 0 aliphatic heterocycles. The van der Waals surface area contributed by atoms with Gasteiger partial charge >= 0.3 is 0 Å². The minimum absolute atomic E-state index is 0.0325. The maximum Gasteiger partial charge on any atom is 0.182 e. The number of ketones is 6. The van der Waals surface area contributed by atoms with Gasteiger partial charge in [0.05, 0.1) is 0 Å². The summed E-state index contributed by atoms with van der Waals surface area (Å²) >= 11 is 0. The highest BCUT2D eigenvalue weighted by Gasteiger charge is 2.45. The van der Waals surface area contributed by atoms with E-state index < -0.39 is 82.6 Å². The van der Waals surface area contributed by atoms with Crippen molar-refractivity contribution in [3.63, 3.8) is 0 Å². The smallest absolute Gasteiger partial charge is 0.182 e. The normalized spacial score (nSPS) is 17.0. The Morgan fingerprint density at radius 3 is 1.31 bits per heavy atom. The second-order valence-corrected chi connectivity index (χ2v) is 10.6. The molecule has 0 bridgehead atoms. The lowest BCUT2D eigenvalue weighted by Gasteiger charge is -2.08. The van der Waals surface area contributed by atoms with Crippen molar-refractivity contribution in [3.8, 4) is 11.5 Å². The molecule has 45 heavy (non-hydrogen) atoms. The van der Waals surface area contributed by atoms with Crippen LogP contribution in [0.1, 0.15) is 52.6 Å². The molecule has 0 heterocycles. The first-order valence-electron chi connectivity index (χ1n) is 13.5. The van der Waals surface area contributed by atoms with Gasteiger partial charge < -0.3 is 4.74 Å². The van der Waals surface area contributed by atoms with Crippen LogP contribution in [0.2, 0.25) is 0 Å². The third kappa shape index (κ3) is 5.05. The lowest BCUT2D eigenvalue weighted by molar-refractivity contribution is -0.120. The first-order chi connectivity index (χ1) is 21.5. The molecule has 0 saturated heterocycles. The van der Waals surface area contributed by atoms with Crippen LogP contribution in [-0.2, 0) is 22.4 Å². The van der Waals surface area contributed by atoms with Crippen molar-refractivity contribution in [1.82, 2.24) is 0 Å². The number of rotatable bonds is 8. The van der Waals surface area contributed by atoms with Gasteiger partial charge in [0.2, 0.25) is 0 Å². The summed E-state index contributed by atoms with van der Waals surface area (Å²) in [5.74, 6) is -13.3. The average Bonchev–Trinajstić information content (AvgIpc) is 3.41. The van der Waals surface area contributed by atoms with Crippen LogP contribution in [0.25, 0.3) is 0 Å². The highest BCUT2D eigenvalue weighted by Crippen LogP contribution is 2.36. The molecular formula is C34H18F4O7. The van der Waals surface area contributed by atoms with E-state index in [9.17, 15) is 46.3 Å². The fraction of sp³-hybridized carbons (Fsp3) is 0.118. The summed E-state index contributed by atoms with van der Waals surface area (Å²) in [5, 5.41) is 0. The number of fused-ring (bicyclic) bond motifs is 2. The van der Waals surface area contributed by atoms with Crippen molar-refractivity contribution < 1.29 is 51.1 Å². The summed E-state index contributed by atoms with van der Waals surface area (Å²) in [5.41, 5.74) is -0.963. The van der Waals surface area contributed by atoms with Gasteiger partial charge in [0, 0.05) is 35.1 Å². The number of carbonyl (C=O) groups is 6. The van der Waals surface area contributed by atoms with Gasteiger partial charge in [-0.2, -0.15) is 0 Å². The van der Waals surface area contributed by atoms with Crippen molar-refractivity contribution in [2.45, 2.75) is 12.8 Å². The van der Waals surface area contributed by atoms with E-state index in [1.807, 2.05) is 0 Å². The summed E-state index contributed by atoms with van der Waals surface area (Å²) in [6.07, 6.45) is -1.35. The number of ether oxygens (including phenoxy) is 1. The molecule has 2 aliphatic carbocycles. The Kier molecular flexibility index (Phi) is 7.32. The summed E-state index contributed by atoms with van der Waals surface area (Å²) in [7, 11) is 0. The monoisotopic (exact) mass is 614 g/mol. The highest BCUT2D eigenvalue weighted by molar-refractivity contribution is 6.36. The first kappa shape index (κ1) is 29.5. The van der Waals surface area contributed by atoms with Crippen molar-refractivity contribution in [2.24, 2.45) is 11.8 Å². The van der Waals surface area contributed by atoms with Crippen molar-refractivity contribution in [3.05, 3.63) is 129 Å². The Balaban J connectivity index is 1.19. The molecule has 224 valence electrons. The summed E-state index contributed by atoms with van der Waals surface area (Å²) in [4.78, 5) is 77.6. The molecule has 2 atom stereocenters. The number of halogens is 4. The maximum absolute atomic E-state index is 14.1. The van der Waals surface area contributed by atoms with E-state index in [1.165, 1.54) is 60.7 Å². The van der Waals surface area contributed by atoms with Crippen LogP contribution in [0.4, 0.5) is 17.6 Å². The fourth-order valence-corrected chi connectivity index (χ4v) is 5.54. The standard InChI is InChI=1S/C34H18F4O7/c35-23-5-1-3-15(29(23)37)11-25(39)27-31(41)19-9-7-17(13-21(19)33(27)43)45-18-8-10-20-22(14-18)34(44)28(32(20)42)26(40)12-16-4-2-6-24(36)30(16)38/h1-10,13-14,27-28H,11-12H2. The molecule has 6 rings (SSSR count). The average molecular weight is 615 g/mol. The number of benzene rings is 4. The Bertz CT molecular complexity index is 1870. The van der Waals surface area contributed by atoms with Gasteiger partial charge in [-0.1, -0.05) is 24.3 Å². The molecule has 0 N–H and O–H groups in total. The third-order valence-electron chi connectivity index (χ3n) is 7.76. The molecule has 0 fully saturated rings. The number of hydrogen-bond donors (Lipinski definition) is 0. The minimum Gasteiger partial charge on any atom is -0.457 e. The van der Waals surface area contributed by atoms with Crippen LogP contribution in [0.15, 0.2) is 72.8 Å². The van der Waals surface area contributed by atoms with E-state index in [4.69, 9.17) is 4.74 Å². The van der Waals surface area contributed by atoms with Crippen LogP contribution in [-0.4, -0.2) is 34.7 Å². The van der Waals surface area contributed by atoms with Gasteiger partial charge in [0.15, 0.2) is 58.0 Å². The van der Waals surface area contributed by atoms with Crippen molar-refractivity contribution in [1.29, 1.82) is 0 Å². The van der Waals surface area contributed by atoms with Crippen LogP contribution in [0, 0.1) is 35.1 Å². The lowest BCUT2D eigenvalue weighted by atomic mass is 9.93. The van der Waals surface area contributed by atoms with Gasteiger partial charge in [0.25, 0.3) is 0 Å². The summed E-state index contributed by atoms with van der Waals surface area (Å²) in [6.45, 7) is 0. The molecule has 2 unspecified atom stereocenters. The van der Waals surface area contributed by atoms with Crippen LogP contribution in [0.5, 0.6) is 11.5 Å². The van der Waals surface area contributed by atoms with E-state index in [1.54, 1.807) is 0 Å². The number of Topliss-reactive ketones (excluding diaryl/α,β-unsaturated/α-hetero) is 6. The van der Waals surface area contributed by atoms with Crippen LogP contribution < -0.4 is 4.74 Å². The summed E-state index contributed by atoms with van der Waals surface area (Å²) < 4.78 is 61.0.